The van der Waals surface area contributed by atoms with Crippen LogP contribution in [0.5, 0.6) is 5.75 Å². The number of nitrogens with one attached hydrogen (secondary N) is 1. The third-order valence-corrected chi connectivity index (χ3v) is 7.96. The van der Waals surface area contributed by atoms with Crippen LogP contribution in [0.2, 0.25) is 0 Å². The van der Waals surface area contributed by atoms with Crippen LogP contribution in [-0.2, 0) is 22.4 Å². The number of benzene rings is 4. The Hall–Kier alpha value is -4.01. The number of hydrogen-bond donors (Lipinski definition) is 2. The van der Waals surface area contributed by atoms with Gasteiger partial charge in [0, 0.05) is 36.0 Å². The van der Waals surface area contributed by atoms with E-state index in [1.54, 1.807) is 18.2 Å². The number of halogens is 2. The van der Waals surface area contributed by atoms with Gasteiger partial charge in [0.25, 0.3) is 5.91 Å². The monoisotopic (exact) mass is 630 g/mol. The summed E-state index contributed by atoms with van der Waals surface area (Å²) >= 11 is 3.65. The number of amides is 1. The second-order valence-electron chi connectivity index (χ2n) is 10.1. The molecule has 6 nitrogen and oxygen atoms in total. The predicted octanol–water partition coefficient (Wildman–Crippen LogP) is 6.21. The highest BCUT2D eigenvalue weighted by molar-refractivity contribution is 9.10. The normalized spacial score (nSPS) is 17.8. The van der Waals surface area contributed by atoms with Gasteiger partial charge < -0.3 is 19.9 Å². The average molecular weight is 632 g/mol. The SMILES string of the molecule is O=C(NCCc1ccccc1F)[C@]1(Cc2ccccc2Br)N=C(c2ccc(OCCCO)cc2)O[C@@H]1c1ccccc1. The van der Waals surface area contributed by atoms with E-state index in [0.29, 0.717) is 42.2 Å². The lowest BCUT2D eigenvalue weighted by molar-refractivity contribution is -0.128. The summed E-state index contributed by atoms with van der Waals surface area (Å²) in [5.74, 6) is 0.408. The molecule has 0 saturated heterocycles. The molecular formula is C34H32BrFN2O4. The number of aliphatic imine (C=N–C) groups is 1. The number of aliphatic hydroxyl groups is 1. The van der Waals surface area contributed by atoms with E-state index in [9.17, 15) is 9.18 Å². The summed E-state index contributed by atoms with van der Waals surface area (Å²) in [5, 5.41) is 12.1. The van der Waals surface area contributed by atoms with Gasteiger partial charge in [-0.2, -0.15) is 0 Å². The van der Waals surface area contributed by atoms with Crippen LogP contribution in [0.3, 0.4) is 0 Å². The fourth-order valence-electron chi connectivity index (χ4n) is 5.01. The number of aliphatic hydroxyl groups excluding tert-OH is 1. The third kappa shape index (κ3) is 6.72. The second kappa shape index (κ2) is 13.8. The summed E-state index contributed by atoms with van der Waals surface area (Å²) in [5.41, 5.74) is 1.62. The fraction of sp³-hybridized carbons (Fsp3) is 0.235. The van der Waals surface area contributed by atoms with Crippen LogP contribution in [0, 0.1) is 5.82 Å². The quantitative estimate of drug-likeness (QED) is 0.182. The van der Waals surface area contributed by atoms with Crippen molar-refractivity contribution in [3.05, 3.63) is 136 Å². The molecule has 8 heteroatoms. The first-order chi connectivity index (χ1) is 20.5. The molecule has 0 saturated carbocycles. The summed E-state index contributed by atoms with van der Waals surface area (Å²) in [6.07, 6.45) is 0.440. The minimum Gasteiger partial charge on any atom is -0.494 e. The van der Waals surface area contributed by atoms with Crippen LogP contribution in [0.1, 0.15) is 34.8 Å². The van der Waals surface area contributed by atoms with Crippen molar-refractivity contribution in [1.29, 1.82) is 0 Å². The number of carbonyl (C=O) groups is 1. The van der Waals surface area contributed by atoms with Crippen LogP contribution in [0.15, 0.2) is 113 Å². The topological polar surface area (TPSA) is 80.2 Å². The molecule has 1 heterocycles. The lowest BCUT2D eigenvalue weighted by atomic mass is 9.82. The van der Waals surface area contributed by atoms with Crippen molar-refractivity contribution in [1.82, 2.24) is 5.32 Å². The Morgan fingerprint density at radius 2 is 1.64 bits per heavy atom. The largest absolute Gasteiger partial charge is 0.494 e. The molecule has 0 spiro atoms. The van der Waals surface area contributed by atoms with Gasteiger partial charge in [0.05, 0.1) is 6.61 Å². The van der Waals surface area contributed by atoms with E-state index < -0.39 is 11.6 Å². The van der Waals surface area contributed by atoms with E-state index >= 15 is 0 Å². The highest BCUT2D eigenvalue weighted by Gasteiger charge is 2.53. The zero-order valence-electron chi connectivity index (χ0n) is 23.0. The molecule has 4 aromatic carbocycles. The lowest BCUT2D eigenvalue weighted by Crippen LogP contribution is -2.50. The molecule has 42 heavy (non-hydrogen) atoms. The third-order valence-electron chi connectivity index (χ3n) is 7.19. The molecule has 0 aliphatic carbocycles. The Bertz CT molecular complexity index is 1530. The molecule has 0 bridgehead atoms. The standard InChI is InChI=1S/C34H32BrFN2O4/c35-29-13-6-4-12-27(29)23-34(33(40)37-20-19-24-9-5-7-14-30(24)36)31(25-10-2-1-3-11-25)42-32(38-34)26-15-17-28(18-16-26)41-22-8-21-39/h1-7,9-18,31,39H,8,19-23H2,(H,37,40)/t31-,34-/m1/s1. The summed E-state index contributed by atoms with van der Waals surface area (Å²) in [6.45, 7) is 0.709. The Morgan fingerprint density at radius 1 is 0.952 bits per heavy atom. The van der Waals surface area contributed by atoms with Gasteiger partial charge >= 0.3 is 0 Å². The van der Waals surface area contributed by atoms with E-state index in [2.05, 4.69) is 21.2 Å². The molecule has 0 radical (unpaired) electrons. The van der Waals surface area contributed by atoms with Crippen LogP contribution >= 0.6 is 15.9 Å². The first kappa shape index (κ1) is 29.5. The molecule has 2 atom stereocenters. The minimum absolute atomic E-state index is 0.0611. The Labute approximate surface area is 253 Å². The maximum Gasteiger partial charge on any atom is 0.252 e. The van der Waals surface area contributed by atoms with Crippen molar-refractivity contribution in [3.63, 3.8) is 0 Å². The Kier molecular flexibility index (Phi) is 9.66. The average Bonchev–Trinajstić information content (AvgIpc) is 3.41. The van der Waals surface area contributed by atoms with E-state index in [0.717, 1.165) is 15.6 Å². The maximum atomic E-state index is 14.3. The van der Waals surface area contributed by atoms with Crippen molar-refractivity contribution >= 4 is 27.7 Å². The highest BCUT2D eigenvalue weighted by atomic mass is 79.9. The molecular weight excluding hydrogens is 599 g/mol. The van der Waals surface area contributed by atoms with Gasteiger partial charge in [-0.15, -0.1) is 0 Å². The summed E-state index contributed by atoms with van der Waals surface area (Å²) < 4.78 is 27.4. The van der Waals surface area contributed by atoms with Crippen molar-refractivity contribution in [2.24, 2.45) is 4.99 Å². The Morgan fingerprint density at radius 3 is 2.36 bits per heavy atom. The zero-order chi connectivity index (χ0) is 29.4. The second-order valence-corrected chi connectivity index (χ2v) is 10.9. The van der Waals surface area contributed by atoms with Gasteiger partial charge in [0.15, 0.2) is 11.6 Å². The number of ether oxygens (including phenoxy) is 2. The molecule has 1 aliphatic heterocycles. The molecule has 0 fully saturated rings. The van der Waals surface area contributed by atoms with Gasteiger partial charge in [-0.25, -0.2) is 9.38 Å². The number of hydrogen-bond acceptors (Lipinski definition) is 5. The molecule has 1 amide bonds. The van der Waals surface area contributed by atoms with Crippen LogP contribution in [-0.4, -0.2) is 42.2 Å². The van der Waals surface area contributed by atoms with Crippen molar-refractivity contribution < 1.29 is 23.8 Å². The molecule has 2 N–H and O–H groups in total. The van der Waals surface area contributed by atoms with Crippen LogP contribution in [0.4, 0.5) is 4.39 Å². The molecule has 216 valence electrons. The predicted molar refractivity (Wildman–Crippen MR) is 164 cm³/mol. The lowest BCUT2D eigenvalue weighted by Gasteiger charge is -2.31. The van der Waals surface area contributed by atoms with Gasteiger partial charge in [0.1, 0.15) is 11.6 Å². The minimum atomic E-state index is -1.34. The fourth-order valence-corrected chi connectivity index (χ4v) is 5.43. The smallest absolute Gasteiger partial charge is 0.252 e. The molecule has 4 aromatic rings. The summed E-state index contributed by atoms with van der Waals surface area (Å²) in [6, 6.07) is 31.3. The van der Waals surface area contributed by atoms with Crippen LogP contribution in [0.25, 0.3) is 0 Å². The van der Waals surface area contributed by atoms with Gasteiger partial charge in [-0.1, -0.05) is 82.7 Å². The van der Waals surface area contributed by atoms with Gasteiger partial charge in [-0.3, -0.25) is 4.79 Å². The Balaban J connectivity index is 1.51. The van der Waals surface area contributed by atoms with E-state index in [1.165, 1.54) is 6.07 Å². The van der Waals surface area contributed by atoms with E-state index in [-0.39, 0.29) is 31.3 Å². The van der Waals surface area contributed by atoms with Gasteiger partial charge in [-0.05, 0) is 59.5 Å². The highest BCUT2D eigenvalue weighted by Crippen LogP contribution is 2.43. The molecule has 1 aliphatic rings. The van der Waals surface area contributed by atoms with Crippen molar-refractivity contribution in [2.45, 2.75) is 30.9 Å². The summed E-state index contributed by atoms with van der Waals surface area (Å²) in [4.78, 5) is 19.3. The zero-order valence-corrected chi connectivity index (χ0v) is 24.6. The number of nitrogens with zero attached hydrogens (tertiary/aromatic N) is 1. The van der Waals surface area contributed by atoms with Crippen molar-refractivity contribution in [3.8, 4) is 5.75 Å². The molecule has 0 aromatic heterocycles. The maximum absolute atomic E-state index is 14.3. The number of rotatable bonds is 12. The first-order valence-corrected chi connectivity index (χ1v) is 14.7. The summed E-state index contributed by atoms with van der Waals surface area (Å²) in [7, 11) is 0. The molecule has 0 unspecified atom stereocenters. The van der Waals surface area contributed by atoms with Crippen LogP contribution < -0.4 is 10.1 Å². The van der Waals surface area contributed by atoms with Crippen molar-refractivity contribution in [2.75, 3.05) is 19.8 Å². The van der Waals surface area contributed by atoms with E-state index in [4.69, 9.17) is 19.6 Å². The van der Waals surface area contributed by atoms with E-state index in [1.807, 2.05) is 78.9 Å². The van der Waals surface area contributed by atoms with Gasteiger partial charge in [0.2, 0.25) is 5.90 Å². The molecule has 5 rings (SSSR count). The first-order valence-electron chi connectivity index (χ1n) is 13.9. The number of carbonyl (C=O) groups excluding carboxylic acids is 1.